The predicted molar refractivity (Wildman–Crippen MR) is 59.9 cm³/mol. The van der Waals surface area contributed by atoms with Gasteiger partial charge in [-0.05, 0) is 13.0 Å². The van der Waals surface area contributed by atoms with Crippen LogP contribution in [0.25, 0.3) is 0 Å². The summed E-state index contributed by atoms with van der Waals surface area (Å²) in [5.74, 6) is 3.63. The third-order valence-electron chi connectivity index (χ3n) is 1.48. The molecule has 1 aromatic heterocycles. The van der Waals surface area contributed by atoms with E-state index in [0.717, 1.165) is 5.56 Å². The summed E-state index contributed by atoms with van der Waals surface area (Å²) in [6.07, 6.45) is 0. The van der Waals surface area contributed by atoms with Crippen molar-refractivity contribution in [2.24, 2.45) is 0 Å². The summed E-state index contributed by atoms with van der Waals surface area (Å²) < 4.78 is 4.84. The van der Waals surface area contributed by atoms with Gasteiger partial charge in [0.15, 0.2) is 0 Å². The van der Waals surface area contributed by atoms with Crippen molar-refractivity contribution >= 4 is 8.07 Å². The van der Waals surface area contributed by atoms with E-state index in [1.807, 2.05) is 0 Å². The SMILES string of the molecule is Cc1cc(C#C[Si](C)(C)C)cc(=O)o1. The van der Waals surface area contributed by atoms with Crippen LogP contribution in [0.1, 0.15) is 11.3 Å². The summed E-state index contributed by atoms with van der Waals surface area (Å²) in [6.45, 7) is 8.25. The molecule has 0 aliphatic carbocycles. The molecule has 0 aliphatic heterocycles. The molecular formula is C11H14O2Si. The van der Waals surface area contributed by atoms with Crippen LogP contribution in [0.2, 0.25) is 19.6 Å². The molecule has 0 amide bonds. The van der Waals surface area contributed by atoms with Crippen molar-refractivity contribution in [1.29, 1.82) is 0 Å². The second-order valence-corrected chi connectivity index (χ2v) is 9.03. The number of aryl methyl sites for hydroxylation is 1. The third-order valence-corrected chi connectivity index (χ3v) is 2.35. The fourth-order valence-electron chi connectivity index (χ4n) is 0.937. The van der Waals surface area contributed by atoms with Gasteiger partial charge in [0.05, 0.1) is 0 Å². The Hall–Kier alpha value is -1.27. The van der Waals surface area contributed by atoms with Gasteiger partial charge in [-0.1, -0.05) is 25.6 Å². The summed E-state index contributed by atoms with van der Waals surface area (Å²) in [5, 5.41) is 0. The monoisotopic (exact) mass is 206 g/mol. The molecule has 1 aromatic rings. The Labute approximate surface area is 85.0 Å². The van der Waals surface area contributed by atoms with Gasteiger partial charge in [-0.3, -0.25) is 0 Å². The number of rotatable bonds is 0. The first-order chi connectivity index (χ1) is 6.37. The molecular weight excluding hydrogens is 192 g/mol. The van der Waals surface area contributed by atoms with Gasteiger partial charge in [0.25, 0.3) is 0 Å². The summed E-state index contributed by atoms with van der Waals surface area (Å²) in [7, 11) is -1.37. The van der Waals surface area contributed by atoms with Crippen LogP contribution in [0, 0.1) is 18.4 Å². The first-order valence-electron chi connectivity index (χ1n) is 4.52. The van der Waals surface area contributed by atoms with Crippen molar-refractivity contribution in [3.8, 4) is 11.5 Å². The van der Waals surface area contributed by atoms with Crippen molar-refractivity contribution < 1.29 is 4.42 Å². The minimum absolute atomic E-state index is 0.329. The van der Waals surface area contributed by atoms with Crippen LogP contribution in [0.5, 0.6) is 0 Å². The van der Waals surface area contributed by atoms with Crippen LogP contribution in [-0.4, -0.2) is 8.07 Å². The van der Waals surface area contributed by atoms with Crippen molar-refractivity contribution in [2.75, 3.05) is 0 Å². The molecule has 1 heterocycles. The Morgan fingerprint density at radius 3 is 2.43 bits per heavy atom. The van der Waals surface area contributed by atoms with Crippen LogP contribution in [0.15, 0.2) is 21.3 Å². The smallest absolute Gasteiger partial charge is 0.337 e. The van der Waals surface area contributed by atoms with Crippen LogP contribution < -0.4 is 5.63 Å². The van der Waals surface area contributed by atoms with Gasteiger partial charge >= 0.3 is 5.63 Å². The Balaban J connectivity index is 3.08. The van der Waals surface area contributed by atoms with Gasteiger partial charge in [-0.2, -0.15) is 0 Å². The fourth-order valence-corrected chi connectivity index (χ4v) is 1.46. The first kappa shape index (κ1) is 10.8. The van der Waals surface area contributed by atoms with E-state index in [-0.39, 0.29) is 5.63 Å². The van der Waals surface area contributed by atoms with E-state index < -0.39 is 8.07 Å². The van der Waals surface area contributed by atoms with Gasteiger partial charge in [0, 0.05) is 11.6 Å². The van der Waals surface area contributed by atoms with Gasteiger partial charge in [0.1, 0.15) is 13.8 Å². The van der Waals surface area contributed by atoms with Crippen LogP contribution in [0.3, 0.4) is 0 Å². The van der Waals surface area contributed by atoms with E-state index in [4.69, 9.17) is 4.42 Å². The molecule has 0 bridgehead atoms. The van der Waals surface area contributed by atoms with Crippen molar-refractivity contribution in [1.82, 2.24) is 0 Å². The second kappa shape index (κ2) is 3.85. The Bertz CT molecular complexity index is 441. The van der Waals surface area contributed by atoms with Crippen LogP contribution >= 0.6 is 0 Å². The van der Waals surface area contributed by atoms with E-state index in [1.165, 1.54) is 6.07 Å². The van der Waals surface area contributed by atoms with Crippen molar-refractivity contribution in [3.05, 3.63) is 33.9 Å². The number of hydrogen-bond donors (Lipinski definition) is 0. The van der Waals surface area contributed by atoms with Gasteiger partial charge in [-0.15, -0.1) is 5.54 Å². The maximum Gasteiger partial charge on any atom is 0.337 e. The lowest BCUT2D eigenvalue weighted by Gasteiger charge is -2.03. The molecule has 0 fully saturated rings. The Kier molecular flexibility index (Phi) is 2.97. The average Bonchev–Trinajstić information content (AvgIpc) is 1.97. The fraction of sp³-hybridized carbons (Fsp3) is 0.364. The lowest BCUT2D eigenvalue weighted by molar-refractivity contribution is 0.479. The van der Waals surface area contributed by atoms with Gasteiger partial charge in [-0.25, -0.2) is 4.79 Å². The van der Waals surface area contributed by atoms with E-state index >= 15 is 0 Å². The molecule has 0 radical (unpaired) electrons. The molecule has 0 aliphatic rings. The molecule has 74 valence electrons. The highest BCUT2D eigenvalue weighted by Crippen LogP contribution is 2.01. The molecule has 3 heteroatoms. The zero-order chi connectivity index (χ0) is 10.8. The standard InChI is InChI=1S/C11H14O2Si/c1-9-7-10(8-11(12)13-9)5-6-14(2,3)4/h7-8H,1-4H3. The summed E-state index contributed by atoms with van der Waals surface area (Å²) in [5.41, 5.74) is 3.62. The largest absolute Gasteiger partial charge is 0.428 e. The summed E-state index contributed by atoms with van der Waals surface area (Å²) in [6, 6.07) is 3.22. The molecule has 1 rings (SSSR count). The van der Waals surface area contributed by atoms with Gasteiger partial charge < -0.3 is 4.42 Å². The molecule has 0 saturated heterocycles. The van der Waals surface area contributed by atoms with E-state index in [0.29, 0.717) is 5.76 Å². The highest BCUT2D eigenvalue weighted by Gasteiger charge is 2.07. The topological polar surface area (TPSA) is 30.2 Å². The number of hydrogen-bond acceptors (Lipinski definition) is 2. The van der Waals surface area contributed by atoms with Crippen molar-refractivity contribution in [3.63, 3.8) is 0 Å². The lowest BCUT2D eigenvalue weighted by atomic mass is 10.2. The molecule has 14 heavy (non-hydrogen) atoms. The zero-order valence-corrected chi connectivity index (χ0v) is 9.97. The zero-order valence-electron chi connectivity index (χ0n) is 8.97. The maximum absolute atomic E-state index is 11.0. The van der Waals surface area contributed by atoms with Crippen LogP contribution in [0.4, 0.5) is 0 Å². The Morgan fingerprint density at radius 2 is 1.93 bits per heavy atom. The first-order valence-corrected chi connectivity index (χ1v) is 8.02. The van der Waals surface area contributed by atoms with Gasteiger partial charge in [0.2, 0.25) is 0 Å². The van der Waals surface area contributed by atoms with Crippen molar-refractivity contribution in [2.45, 2.75) is 26.6 Å². The lowest BCUT2D eigenvalue weighted by Crippen LogP contribution is -2.16. The molecule has 0 saturated carbocycles. The maximum atomic E-state index is 11.0. The molecule has 0 N–H and O–H groups in total. The van der Waals surface area contributed by atoms with E-state index in [9.17, 15) is 4.79 Å². The second-order valence-electron chi connectivity index (χ2n) is 4.28. The Morgan fingerprint density at radius 1 is 1.29 bits per heavy atom. The molecule has 0 unspecified atom stereocenters. The quantitative estimate of drug-likeness (QED) is 0.481. The van der Waals surface area contributed by atoms with Crippen LogP contribution in [-0.2, 0) is 0 Å². The predicted octanol–water partition coefficient (Wildman–Crippen LogP) is 2.18. The minimum atomic E-state index is -1.37. The highest BCUT2D eigenvalue weighted by molar-refractivity contribution is 6.83. The highest BCUT2D eigenvalue weighted by atomic mass is 28.3. The third kappa shape index (κ3) is 3.63. The van der Waals surface area contributed by atoms with E-state index in [2.05, 4.69) is 31.1 Å². The molecule has 2 nitrogen and oxygen atoms in total. The van der Waals surface area contributed by atoms with E-state index in [1.54, 1.807) is 13.0 Å². The minimum Gasteiger partial charge on any atom is -0.428 e. The molecule has 0 aromatic carbocycles. The normalized spacial score (nSPS) is 10.6. The molecule has 0 spiro atoms. The summed E-state index contributed by atoms with van der Waals surface area (Å²) in [4.78, 5) is 11.0. The average molecular weight is 206 g/mol. The molecule has 0 atom stereocenters. The summed E-state index contributed by atoms with van der Waals surface area (Å²) >= 11 is 0.